The van der Waals surface area contributed by atoms with E-state index in [1.165, 1.54) is 11.8 Å². The fourth-order valence-corrected chi connectivity index (χ4v) is 3.78. The first-order valence-electron chi connectivity index (χ1n) is 8.19. The van der Waals surface area contributed by atoms with Gasteiger partial charge in [0.05, 0.1) is 16.6 Å². The summed E-state index contributed by atoms with van der Waals surface area (Å²) < 4.78 is 5.38. The van der Waals surface area contributed by atoms with Crippen LogP contribution in [-0.4, -0.2) is 29.7 Å². The van der Waals surface area contributed by atoms with Gasteiger partial charge in [-0.1, -0.05) is 36.0 Å². The van der Waals surface area contributed by atoms with Crippen molar-refractivity contribution < 1.29 is 9.53 Å². The summed E-state index contributed by atoms with van der Waals surface area (Å²) in [7, 11) is 0. The Hall–Kier alpha value is -3.13. The molecule has 0 spiro atoms. The highest BCUT2D eigenvalue weighted by atomic mass is 32.2. The lowest BCUT2D eigenvalue weighted by molar-refractivity contribution is -0.118. The van der Waals surface area contributed by atoms with Crippen LogP contribution in [0.15, 0.2) is 47.5 Å². The van der Waals surface area contributed by atoms with Gasteiger partial charge in [-0.25, -0.2) is 4.99 Å². The molecule has 1 aliphatic heterocycles. The molecule has 0 radical (unpaired) electrons. The summed E-state index contributed by atoms with van der Waals surface area (Å²) in [6.45, 7) is 1.96. The van der Waals surface area contributed by atoms with E-state index in [0.29, 0.717) is 22.7 Å². The second kappa shape index (κ2) is 8.05. The molecule has 0 saturated carbocycles. The summed E-state index contributed by atoms with van der Waals surface area (Å²) in [5.74, 6) is 0.356. The molecule has 27 heavy (non-hydrogen) atoms. The zero-order valence-corrected chi connectivity index (χ0v) is 15.5. The highest BCUT2D eigenvalue weighted by Gasteiger charge is 2.24. The Morgan fingerprint density at radius 1 is 1.37 bits per heavy atom. The number of fused-ring (bicyclic) bond motifs is 1. The maximum absolute atomic E-state index is 11.6. The minimum Gasteiger partial charge on any atom is -0.482 e. The third-order valence-electron chi connectivity index (χ3n) is 4.09. The van der Waals surface area contributed by atoms with Crippen LogP contribution in [0.3, 0.4) is 0 Å². The zero-order valence-electron chi connectivity index (χ0n) is 14.7. The molecule has 0 aliphatic carbocycles. The van der Waals surface area contributed by atoms with Gasteiger partial charge in [-0.05, 0) is 41.8 Å². The van der Waals surface area contributed by atoms with E-state index in [9.17, 15) is 4.79 Å². The number of thioether (sulfide) groups is 1. The van der Waals surface area contributed by atoms with E-state index in [1.807, 2.05) is 31.2 Å². The second-order valence-corrected chi connectivity index (χ2v) is 7.04. The zero-order chi connectivity index (χ0) is 19.4. The van der Waals surface area contributed by atoms with Gasteiger partial charge in [-0.2, -0.15) is 0 Å². The van der Waals surface area contributed by atoms with Crippen LogP contribution in [0.4, 0.5) is 5.69 Å². The van der Waals surface area contributed by atoms with Crippen molar-refractivity contribution in [2.24, 2.45) is 10.7 Å². The average molecular weight is 381 g/mol. The summed E-state index contributed by atoms with van der Waals surface area (Å²) >= 11 is 1.21. The van der Waals surface area contributed by atoms with Gasteiger partial charge in [-0.15, -0.1) is 0 Å². The van der Waals surface area contributed by atoms with E-state index in [1.54, 1.807) is 18.2 Å². The Morgan fingerprint density at radius 2 is 2.15 bits per heavy atom. The van der Waals surface area contributed by atoms with Crippen LogP contribution in [-0.2, 0) is 4.79 Å². The van der Waals surface area contributed by atoms with Crippen molar-refractivity contribution in [3.05, 3.63) is 59.2 Å². The third-order valence-corrected chi connectivity index (χ3v) is 5.16. The van der Waals surface area contributed by atoms with Gasteiger partial charge in [-0.3, -0.25) is 10.2 Å². The molecule has 8 heteroatoms. The van der Waals surface area contributed by atoms with Crippen LogP contribution in [0.1, 0.15) is 21.9 Å². The summed E-state index contributed by atoms with van der Waals surface area (Å²) in [6, 6.07) is 13.0. The Bertz CT molecular complexity index is 941. The number of benzene rings is 2. The Kier molecular flexibility index (Phi) is 5.56. The molecule has 0 aromatic heterocycles. The van der Waals surface area contributed by atoms with Gasteiger partial charge in [0.15, 0.2) is 11.8 Å². The molecule has 5 N–H and O–H groups in total. The molecule has 0 bridgehead atoms. The van der Waals surface area contributed by atoms with Gasteiger partial charge in [0.25, 0.3) is 5.91 Å². The number of hydrogen-bond acceptors (Lipinski definition) is 5. The van der Waals surface area contributed by atoms with Crippen molar-refractivity contribution >= 4 is 40.6 Å². The number of amidine groups is 1. The molecule has 1 amide bonds. The average Bonchev–Trinajstić information content (AvgIpc) is 2.66. The molecular formula is C19H19N5O2S. The molecule has 7 nitrogen and oxygen atoms in total. The molecule has 2 aromatic carbocycles. The van der Waals surface area contributed by atoms with E-state index in [4.69, 9.17) is 21.3 Å². The normalized spacial score (nSPS) is 14.6. The first-order chi connectivity index (χ1) is 13.0. The van der Waals surface area contributed by atoms with Crippen LogP contribution < -0.4 is 15.8 Å². The van der Waals surface area contributed by atoms with Crippen molar-refractivity contribution in [3.63, 3.8) is 0 Å². The fraction of sp³-hybridized carbons (Fsp3) is 0.158. The largest absolute Gasteiger partial charge is 0.482 e. The van der Waals surface area contributed by atoms with E-state index in [-0.39, 0.29) is 17.7 Å². The summed E-state index contributed by atoms with van der Waals surface area (Å²) in [5.41, 5.74) is 9.37. The number of hydrogen-bond donors (Lipinski definition) is 4. The second-order valence-electron chi connectivity index (χ2n) is 5.91. The van der Waals surface area contributed by atoms with Crippen molar-refractivity contribution in [1.29, 1.82) is 10.8 Å². The lowest BCUT2D eigenvalue weighted by Crippen LogP contribution is -2.25. The highest BCUT2D eigenvalue weighted by molar-refractivity contribution is 8.14. The van der Waals surface area contributed by atoms with Gasteiger partial charge < -0.3 is 21.2 Å². The number of carbonyl (C=O) groups is 1. The molecular weight excluding hydrogens is 362 g/mol. The highest BCUT2D eigenvalue weighted by Crippen LogP contribution is 2.36. The quantitative estimate of drug-likeness (QED) is 0.469. The molecule has 1 atom stereocenters. The monoisotopic (exact) mass is 381 g/mol. The van der Waals surface area contributed by atoms with Crippen molar-refractivity contribution in [2.45, 2.75) is 12.2 Å². The minimum atomic E-state index is -0.409. The number of aryl methyl sites for hydroxylation is 1. The molecule has 2 aromatic rings. The number of aliphatic imine (C=N–C) groups is 1. The van der Waals surface area contributed by atoms with Gasteiger partial charge in [0, 0.05) is 0 Å². The predicted molar refractivity (Wildman–Crippen MR) is 109 cm³/mol. The Balaban J connectivity index is 1.99. The topological polar surface area (TPSA) is 124 Å². The third kappa shape index (κ3) is 4.17. The Labute approximate surface area is 161 Å². The number of nitrogens with zero attached hydrogens (tertiary/aromatic N) is 1. The summed E-state index contributed by atoms with van der Waals surface area (Å²) in [4.78, 5) is 15.4. The summed E-state index contributed by atoms with van der Waals surface area (Å²) in [5, 5.41) is 18.4. The Morgan fingerprint density at radius 3 is 2.89 bits per heavy atom. The molecule has 1 aliphatic rings. The molecule has 1 heterocycles. The van der Waals surface area contributed by atoms with E-state index in [0.717, 1.165) is 17.5 Å². The van der Waals surface area contributed by atoms with Crippen LogP contribution in [0.2, 0.25) is 0 Å². The number of ether oxygens (including phenoxy) is 1. The first kappa shape index (κ1) is 18.7. The number of anilines is 1. The number of amides is 1. The SMILES string of the molecule is Cc1ccccc1C(SC(N)=NC=N)C(=N)c1ccc2c(c1)NC(=O)CO2. The smallest absolute Gasteiger partial charge is 0.262 e. The number of carbonyl (C=O) groups excluding carboxylic acids is 1. The number of rotatable bonds is 5. The van der Waals surface area contributed by atoms with Crippen molar-refractivity contribution in [3.8, 4) is 5.75 Å². The van der Waals surface area contributed by atoms with Crippen LogP contribution in [0.25, 0.3) is 0 Å². The van der Waals surface area contributed by atoms with Crippen molar-refractivity contribution in [1.82, 2.24) is 0 Å². The molecule has 0 fully saturated rings. The predicted octanol–water partition coefficient (Wildman–Crippen LogP) is 3.09. The van der Waals surface area contributed by atoms with Gasteiger partial charge in [0.2, 0.25) is 0 Å². The van der Waals surface area contributed by atoms with Crippen LogP contribution in [0.5, 0.6) is 5.75 Å². The van der Waals surface area contributed by atoms with Crippen molar-refractivity contribution in [2.75, 3.05) is 11.9 Å². The molecule has 1 unspecified atom stereocenters. The van der Waals surface area contributed by atoms with Crippen LogP contribution in [0, 0.1) is 17.7 Å². The number of nitrogens with two attached hydrogens (primary N) is 1. The van der Waals surface area contributed by atoms with Gasteiger partial charge >= 0.3 is 0 Å². The maximum atomic E-state index is 11.6. The van der Waals surface area contributed by atoms with E-state index in [2.05, 4.69) is 10.3 Å². The van der Waals surface area contributed by atoms with E-state index < -0.39 is 5.25 Å². The maximum Gasteiger partial charge on any atom is 0.262 e. The summed E-state index contributed by atoms with van der Waals surface area (Å²) in [6.07, 6.45) is 0.882. The standard InChI is InChI=1S/C19H19N5O2S/c1-11-4-2-3-5-13(11)18(27-19(22)23-10-20)17(21)12-6-7-15-14(8-12)24-16(25)9-26-15/h2-8,10,18,21H,9H2,1H3,(H,24,25)(H3,20,22,23). The first-order valence-corrected chi connectivity index (χ1v) is 9.07. The molecule has 3 rings (SSSR count). The lowest BCUT2D eigenvalue weighted by atomic mass is 9.97. The lowest BCUT2D eigenvalue weighted by Gasteiger charge is -2.22. The fourth-order valence-electron chi connectivity index (χ4n) is 2.78. The number of nitrogens with one attached hydrogen (secondary N) is 3. The molecule has 138 valence electrons. The van der Waals surface area contributed by atoms with Gasteiger partial charge in [0.1, 0.15) is 12.1 Å². The minimum absolute atomic E-state index is 0.0118. The van der Waals surface area contributed by atoms with Crippen LogP contribution >= 0.6 is 11.8 Å². The van der Waals surface area contributed by atoms with E-state index >= 15 is 0 Å². The molecule has 0 saturated heterocycles.